The summed E-state index contributed by atoms with van der Waals surface area (Å²) in [5.74, 6) is -0.0209. The van der Waals surface area contributed by atoms with Gasteiger partial charge in [-0.05, 0) is 32.6 Å². The monoisotopic (exact) mass is 227 g/mol. The maximum atomic E-state index is 11.6. The summed E-state index contributed by atoms with van der Waals surface area (Å²) in [5, 5.41) is 2.78. The third kappa shape index (κ3) is 4.61. The van der Waals surface area contributed by atoms with Crippen molar-refractivity contribution in [2.45, 2.75) is 51.1 Å². The van der Waals surface area contributed by atoms with Crippen molar-refractivity contribution < 1.29 is 9.59 Å². The molecule has 1 unspecified atom stereocenters. The summed E-state index contributed by atoms with van der Waals surface area (Å²) in [5.41, 5.74) is 10.4. The van der Waals surface area contributed by atoms with Crippen LogP contribution in [0.4, 0.5) is 0 Å². The number of hydrogen-bond donors (Lipinski definition) is 3. The van der Waals surface area contributed by atoms with Crippen molar-refractivity contribution in [1.82, 2.24) is 5.32 Å². The molecule has 0 aliphatic heterocycles. The molecular formula is C11H21N3O2. The van der Waals surface area contributed by atoms with Crippen LogP contribution in [0.25, 0.3) is 0 Å². The first-order chi connectivity index (χ1) is 7.30. The lowest BCUT2D eigenvalue weighted by Gasteiger charge is -2.25. The summed E-state index contributed by atoms with van der Waals surface area (Å²) in [6.45, 7) is 3.55. The first kappa shape index (κ1) is 13.0. The van der Waals surface area contributed by atoms with E-state index in [-0.39, 0.29) is 18.4 Å². The molecule has 92 valence electrons. The van der Waals surface area contributed by atoms with Crippen molar-refractivity contribution >= 4 is 11.8 Å². The van der Waals surface area contributed by atoms with Crippen LogP contribution in [0.5, 0.6) is 0 Å². The van der Waals surface area contributed by atoms with Crippen LogP contribution in [0, 0.1) is 5.92 Å². The van der Waals surface area contributed by atoms with E-state index in [9.17, 15) is 9.59 Å². The van der Waals surface area contributed by atoms with E-state index >= 15 is 0 Å². The van der Waals surface area contributed by atoms with E-state index in [1.54, 1.807) is 13.8 Å². The van der Waals surface area contributed by atoms with E-state index in [0.717, 1.165) is 12.8 Å². The maximum Gasteiger partial charge on any atom is 0.221 e. The molecule has 0 aromatic rings. The average molecular weight is 227 g/mol. The molecule has 2 amide bonds. The van der Waals surface area contributed by atoms with Crippen LogP contribution in [-0.4, -0.2) is 23.4 Å². The average Bonchev–Trinajstić information content (AvgIpc) is 2.79. The lowest BCUT2D eigenvalue weighted by molar-refractivity contribution is -0.124. The first-order valence-electron chi connectivity index (χ1n) is 5.65. The van der Waals surface area contributed by atoms with Gasteiger partial charge in [-0.3, -0.25) is 9.59 Å². The van der Waals surface area contributed by atoms with Gasteiger partial charge in [0.2, 0.25) is 11.8 Å². The van der Waals surface area contributed by atoms with E-state index in [1.807, 2.05) is 0 Å². The van der Waals surface area contributed by atoms with Gasteiger partial charge < -0.3 is 16.8 Å². The minimum atomic E-state index is -0.591. The number of carbonyl (C=O) groups is 2. The third-order valence-electron chi connectivity index (χ3n) is 2.74. The molecule has 5 nitrogen and oxygen atoms in total. The number of rotatable bonds is 6. The molecule has 0 saturated heterocycles. The Hall–Kier alpha value is -1.10. The van der Waals surface area contributed by atoms with Crippen molar-refractivity contribution in [3.8, 4) is 0 Å². The Morgan fingerprint density at radius 1 is 1.44 bits per heavy atom. The minimum Gasteiger partial charge on any atom is -0.370 e. The molecule has 0 bridgehead atoms. The number of hydrogen-bond acceptors (Lipinski definition) is 3. The van der Waals surface area contributed by atoms with Gasteiger partial charge in [0.05, 0.1) is 0 Å². The van der Waals surface area contributed by atoms with Crippen LogP contribution < -0.4 is 16.8 Å². The quantitative estimate of drug-likeness (QED) is 0.590. The Balaban J connectivity index is 2.34. The molecule has 1 aliphatic rings. The van der Waals surface area contributed by atoms with E-state index in [0.29, 0.717) is 12.3 Å². The molecule has 0 aromatic carbocycles. The van der Waals surface area contributed by atoms with Gasteiger partial charge in [0, 0.05) is 24.4 Å². The highest BCUT2D eigenvalue weighted by Crippen LogP contribution is 2.32. The van der Waals surface area contributed by atoms with Gasteiger partial charge in [0.15, 0.2) is 0 Å². The van der Waals surface area contributed by atoms with Crippen molar-refractivity contribution in [2.24, 2.45) is 17.4 Å². The van der Waals surface area contributed by atoms with E-state index in [4.69, 9.17) is 11.5 Å². The fraction of sp³-hybridized carbons (Fsp3) is 0.818. The van der Waals surface area contributed by atoms with Gasteiger partial charge in [-0.15, -0.1) is 0 Å². The predicted octanol–water partition coefficient (Wildman–Crippen LogP) is -0.116. The molecular weight excluding hydrogens is 206 g/mol. The summed E-state index contributed by atoms with van der Waals surface area (Å²) in [4.78, 5) is 22.4. The summed E-state index contributed by atoms with van der Waals surface area (Å²) < 4.78 is 0. The number of nitrogens with two attached hydrogens (primary N) is 2. The van der Waals surface area contributed by atoms with Crippen molar-refractivity contribution in [1.29, 1.82) is 0 Å². The lowest BCUT2D eigenvalue weighted by atomic mass is 9.99. The SMILES string of the molecule is CC(C)(CC(N)=O)NC(=O)CC(N)C1CC1. The lowest BCUT2D eigenvalue weighted by Crippen LogP contribution is -2.47. The molecule has 5 N–H and O–H groups in total. The van der Waals surface area contributed by atoms with E-state index in [2.05, 4.69) is 5.32 Å². The fourth-order valence-corrected chi connectivity index (χ4v) is 1.81. The van der Waals surface area contributed by atoms with Crippen LogP contribution in [-0.2, 0) is 9.59 Å². The summed E-state index contributed by atoms with van der Waals surface area (Å²) in [7, 11) is 0. The smallest absolute Gasteiger partial charge is 0.221 e. The molecule has 16 heavy (non-hydrogen) atoms. The van der Waals surface area contributed by atoms with Crippen molar-refractivity contribution in [3.05, 3.63) is 0 Å². The standard InChI is InChI=1S/C11H21N3O2/c1-11(2,6-9(13)15)14-10(16)5-8(12)7-3-4-7/h7-8H,3-6,12H2,1-2H3,(H2,13,15)(H,14,16). The van der Waals surface area contributed by atoms with Crippen LogP contribution in [0.15, 0.2) is 0 Å². The second-order valence-corrected chi connectivity index (χ2v) is 5.28. The molecule has 1 atom stereocenters. The second kappa shape index (κ2) is 4.82. The molecule has 0 aromatic heterocycles. The number of nitrogens with one attached hydrogen (secondary N) is 1. The van der Waals surface area contributed by atoms with E-state index < -0.39 is 11.4 Å². The highest BCUT2D eigenvalue weighted by atomic mass is 16.2. The fourth-order valence-electron chi connectivity index (χ4n) is 1.81. The minimum absolute atomic E-state index is 0.0515. The molecule has 1 fully saturated rings. The van der Waals surface area contributed by atoms with Crippen LogP contribution in [0.3, 0.4) is 0 Å². The number of carbonyl (C=O) groups excluding carboxylic acids is 2. The van der Waals surface area contributed by atoms with Gasteiger partial charge in [-0.2, -0.15) is 0 Å². The van der Waals surface area contributed by atoms with Crippen LogP contribution >= 0.6 is 0 Å². The largest absolute Gasteiger partial charge is 0.370 e. The molecule has 1 saturated carbocycles. The zero-order valence-electron chi connectivity index (χ0n) is 9.95. The number of amides is 2. The van der Waals surface area contributed by atoms with Gasteiger partial charge in [-0.25, -0.2) is 0 Å². The Morgan fingerprint density at radius 3 is 2.44 bits per heavy atom. The van der Waals surface area contributed by atoms with Crippen molar-refractivity contribution in [2.75, 3.05) is 0 Å². The van der Waals surface area contributed by atoms with Crippen LogP contribution in [0.2, 0.25) is 0 Å². The Labute approximate surface area is 95.9 Å². The second-order valence-electron chi connectivity index (χ2n) is 5.28. The predicted molar refractivity (Wildman–Crippen MR) is 61.3 cm³/mol. The normalized spacial score (nSPS) is 17.9. The summed E-state index contributed by atoms with van der Waals surface area (Å²) in [6.07, 6.45) is 2.71. The summed E-state index contributed by atoms with van der Waals surface area (Å²) in [6, 6.07) is -0.0515. The zero-order chi connectivity index (χ0) is 12.3. The van der Waals surface area contributed by atoms with Gasteiger partial charge >= 0.3 is 0 Å². The van der Waals surface area contributed by atoms with Gasteiger partial charge in [-0.1, -0.05) is 0 Å². The molecule has 1 aliphatic carbocycles. The Bertz CT molecular complexity index is 285. The van der Waals surface area contributed by atoms with E-state index in [1.165, 1.54) is 0 Å². The molecule has 0 heterocycles. The van der Waals surface area contributed by atoms with Crippen molar-refractivity contribution in [3.63, 3.8) is 0 Å². The molecule has 1 rings (SSSR count). The zero-order valence-corrected chi connectivity index (χ0v) is 9.95. The van der Waals surface area contributed by atoms with Gasteiger partial charge in [0.25, 0.3) is 0 Å². The Morgan fingerprint density at radius 2 is 2.00 bits per heavy atom. The van der Waals surface area contributed by atoms with Gasteiger partial charge in [0.1, 0.15) is 0 Å². The maximum absolute atomic E-state index is 11.6. The highest BCUT2D eigenvalue weighted by Gasteiger charge is 2.31. The topological polar surface area (TPSA) is 98.2 Å². The first-order valence-corrected chi connectivity index (χ1v) is 5.65. The third-order valence-corrected chi connectivity index (χ3v) is 2.74. The van der Waals surface area contributed by atoms with Crippen LogP contribution in [0.1, 0.15) is 39.5 Å². The highest BCUT2D eigenvalue weighted by molar-refractivity contribution is 5.80. The number of primary amides is 1. The molecule has 0 spiro atoms. The summed E-state index contributed by atoms with van der Waals surface area (Å²) >= 11 is 0. The molecule has 0 radical (unpaired) electrons. The molecule has 5 heteroatoms. The Kier molecular flexibility index (Phi) is 3.91.